The van der Waals surface area contributed by atoms with Crippen LogP contribution in [-0.4, -0.2) is 44.0 Å². The minimum atomic E-state index is -0.0395. The number of nitrogens with one attached hydrogen (secondary N) is 2. The van der Waals surface area contributed by atoms with E-state index in [1.807, 2.05) is 18.2 Å². The van der Waals surface area contributed by atoms with Gasteiger partial charge in [-0.3, -0.25) is 4.79 Å². The highest BCUT2D eigenvalue weighted by atomic mass is 32.1. The van der Waals surface area contributed by atoms with Crippen molar-refractivity contribution in [3.8, 4) is 0 Å². The maximum Gasteiger partial charge on any atom is 0.243 e. The maximum absolute atomic E-state index is 11.7. The largest absolute Gasteiger partial charge is 0.467 e. The van der Waals surface area contributed by atoms with Gasteiger partial charge in [0.05, 0.1) is 12.8 Å². The highest BCUT2D eigenvalue weighted by molar-refractivity contribution is 7.09. The van der Waals surface area contributed by atoms with Crippen LogP contribution >= 0.6 is 11.3 Å². The lowest BCUT2D eigenvalue weighted by Crippen LogP contribution is -2.39. The minimum Gasteiger partial charge on any atom is -0.467 e. The SMILES string of the molecule is CN(C)C(=O)CN=C(NCCc1cccs1)NCc1ccco1. The smallest absolute Gasteiger partial charge is 0.243 e. The number of likely N-dealkylation sites (N-methyl/N-ethyl adjacent to an activating group) is 1. The lowest BCUT2D eigenvalue weighted by atomic mass is 10.3. The first-order valence-corrected chi connectivity index (χ1v) is 8.30. The summed E-state index contributed by atoms with van der Waals surface area (Å²) < 4.78 is 5.29. The lowest BCUT2D eigenvalue weighted by molar-refractivity contribution is -0.127. The van der Waals surface area contributed by atoms with Gasteiger partial charge >= 0.3 is 0 Å². The Balaban J connectivity index is 1.86. The fourth-order valence-electron chi connectivity index (χ4n) is 1.81. The van der Waals surface area contributed by atoms with Gasteiger partial charge in [0.1, 0.15) is 12.3 Å². The van der Waals surface area contributed by atoms with E-state index < -0.39 is 0 Å². The number of aliphatic imine (C=N–C) groups is 1. The van der Waals surface area contributed by atoms with Gasteiger partial charge in [0.25, 0.3) is 0 Å². The van der Waals surface area contributed by atoms with Crippen LogP contribution in [0, 0.1) is 0 Å². The first-order chi connectivity index (χ1) is 11.1. The van der Waals surface area contributed by atoms with Crippen LogP contribution in [0.2, 0.25) is 0 Å². The predicted octanol–water partition coefficient (Wildman–Crippen LogP) is 1.71. The van der Waals surface area contributed by atoms with Crippen LogP contribution in [0.5, 0.6) is 0 Å². The van der Waals surface area contributed by atoms with Gasteiger partial charge < -0.3 is 20.0 Å². The summed E-state index contributed by atoms with van der Waals surface area (Å²) in [6.07, 6.45) is 2.55. The molecular weight excluding hydrogens is 312 g/mol. The monoisotopic (exact) mass is 334 g/mol. The molecule has 2 rings (SSSR count). The maximum atomic E-state index is 11.7. The summed E-state index contributed by atoms with van der Waals surface area (Å²) in [4.78, 5) is 18.9. The zero-order valence-corrected chi connectivity index (χ0v) is 14.2. The Morgan fingerprint density at radius 3 is 2.83 bits per heavy atom. The molecular formula is C16H22N4O2S. The Labute approximate surface area is 140 Å². The Hall–Kier alpha value is -2.28. The van der Waals surface area contributed by atoms with Crippen LogP contribution in [0.25, 0.3) is 0 Å². The number of hydrogen-bond donors (Lipinski definition) is 2. The highest BCUT2D eigenvalue weighted by Crippen LogP contribution is 2.08. The van der Waals surface area contributed by atoms with E-state index in [-0.39, 0.29) is 12.5 Å². The zero-order valence-electron chi connectivity index (χ0n) is 13.4. The van der Waals surface area contributed by atoms with Crippen molar-refractivity contribution >= 4 is 23.2 Å². The van der Waals surface area contributed by atoms with E-state index >= 15 is 0 Å². The Bertz CT molecular complexity index is 606. The number of furan rings is 1. The fraction of sp³-hybridized carbons (Fsp3) is 0.375. The first kappa shape index (κ1) is 17.1. The van der Waals surface area contributed by atoms with Crippen molar-refractivity contribution in [3.63, 3.8) is 0 Å². The van der Waals surface area contributed by atoms with Crippen molar-refractivity contribution in [2.75, 3.05) is 27.2 Å². The van der Waals surface area contributed by atoms with Crippen molar-refractivity contribution in [2.24, 2.45) is 4.99 Å². The average molecular weight is 334 g/mol. The molecule has 0 unspecified atom stereocenters. The molecule has 0 radical (unpaired) electrons. The molecule has 23 heavy (non-hydrogen) atoms. The average Bonchev–Trinajstić information content (AvgIpc) is 3.22. The highest BCUT2D eigenvalue weighted by Gasteiger charge is 2.05. The molecule has 7 heteroatoms. The first-order valence-electron chi connectivity index (χ1n) is 7.42. The standard InChI is InChI=1S/C16H22N4O2S/c1-20(2)15(21)12-19-16(18-11-13-5-3-9-22-13)17-8-7-14-6-4-10-23-14/h3-6,9-10H,7-8,11-12H2,1-2H3,(H2,17,18,19). The van der Waals surface area contributed by atoms with Gasteiger partial charge in [0, 0.05) is 25.5 Å². The molecule has 0 aromatic carbocycles. The molecule has 0 bridgehead atoms. The number of hydrogen-bond acceptors (Lipinski definition) is 4. The van der Waals surface area contributed by atoms with Crippen LogP contribution in [-0.2, 0) is 17.8 Å². The summed E-state index contributed by atoms with van der Waals surface area (Å²) in [6, 6.07) is 7.88. The third-order valence-corrected chi connectivity index (χ3v) is 4.06. The van der Waals surface area contributed by atoms with E-state index in [4.69, 9.17) is 4.42 Å². The zero-order chi connectivity index (χ0) is 16.5. The van der Waals surface area contributed by atoms with E-state index in [2.05, 4.69) is 27.1 Å². The summed E-state index contributed by atoms with van der Waals surface area (Å²) in [5, 5.41) is 8.49. The van der Waals surface area contributed by atoms with Gasteiger partial charge in [-0.05, 0) is 30.0 Å². The van der Waals surface area contributed by atoms with Crippen LogP contribution in [0.4, 0.5) is 0 Å². The number of thiophene rings is 1. The molecule has 0 aliphatic carbocycles. The lowest BCUT2D eigenvalue weighted by Gasteiger charge is -2.13. The van der Waals surface area contributed by atoms with Crippen molar-refractivity contribution in [2.45, 2.75) is 13.0 Å². The van der Waals surface area contributed by atoms with Gasteiger partial charge in [0.15, 0.2) is 5.96 Å². The molecule has 0 aliphatic rings. The third kappa shape index (κ3) is 6.15. The summed E-state index contributed by atoms with van der Waals surface area (Å²) in [7, 11) is 3.44. The Kier molecular flexibility index (Phi) is 6.68. The fourth-order valence-corrected chi connectivity index (χ4v) is 2.51. The van der Waals surface area contributed by atoms with Crippen LogP contribution in [0.1, 0.15) is 10.6 Å². The molecule has 0 atom stereocenters. The quantitative estimate of drug-likeness (QED) is 0.597. The topological polar surface area (TPSA) is 69.9 Å². The Morgan fingerprint density at radius 1 is 1.30 bits per heavy atom. The molecule has 2 aromatic heterocycles. The molecule has 6 nitrogen and oxygen atoms in total. The molecule has 124 valence electrons. The van der Waals surface area contributed by atoms with Gasteiger partial charge in [0.2, 0.25) is 5.91 Å². The third-order valence-electron chi connectivity index (χ3n) is 3.13. The predicted molar refractivity (Wildman–Crippen MR) is 92.6 cm³/mol. The van der Waals surface area contributed by atoms with Crippen molar-refractivity contribution < 1.29 is 9.21 Å². The normalized spacial score (nSPS) is 11.3. The summed E-state index contributed by atoms with van der Waals surface area (Å²) >= 11 is 1.73. The van der Waals surface area contributed by atoms with E-state index in [1.165, 1.54) is 9.78 Å². The van der Waals surface area contributed by atoms with E-state index in [9.17, 15) is 4.79 Å². The molecule has 0 saturated carbocycles. The van der Waals surface area contributed by atoms with E-state index in [0.29, 0.717) is 12.5 Å². The van der Waals surface area contributed by atoms with Gasteiger partial charge in [-0.15, -0.1) is 11.3 Å². The second kappa shape index (κ2) is 8.99. The number of nitrogens with zero attached hydrogens (tertiary/aromatic N) is 2. The van der Waals surface area contributed by atoms with E-state index in [0.717, 1.165) is 18.7 Å². The number of carbonyl (C=O) groups excluding carboxylic acids is 1. The number of guanidine groups is 1. The molecule has 2 N–H and O–H groups in total. The summed E-state index contributed by atoms with van der Waals surface area (Å²) in [5.74, 6) is 1.38. The van der Waals surface area contributed by atoms with Crippen molar-refractivity contribution in [1.82, 2.24) is 15.5 Å². The van der Waals surface area contributed by atoms with E-state index in [1.54, 1.807) is 31.7 Å². The van der Waals surface area contributed by atoms with Gasteiger partial charge in [-0.1, -0.05) is 6.07 Å². The number of rotatable bonds is 7. The van der Waals surface area contributed by atoms with Crippen molar-refractivity contribution in [1.29, 1.82) is 0 Å². The molecule has 1 amide bonds. The van der Waals surface area contributed by atoms with Crippen molar-refractivity contribution in [3.05, 3.63) is 46.5 Å². The summed E-state index contributed by atoms with van der Waals surface area (Å²) in [6.45, 7) is 1.38. The number of carbonyl (C=O) groups is 1. The van der Waals surface area contributed by atoms with Crippen LogP contribution < -0.4 is 10.6 Å². The molecule has 0 saturated heterocycles. The second-order valence-electron chi connectivity index (χ2n) is 5.14. The van der Waals surface area contributed by atoms with Gasteiger partial charge in [-0.2, -0.15) is 0 Å². The molecule has 2 aromatic rings. The molecule has 0 spiro atoms. The minimum absolute atomic E-state index is 0.0395. The number of amides is 1. The summed E-state index contributed by atoms with van der Waals surface area (Å²) in [5.41, 5.74) is 0. The molecule has 0 aliphatic heterocycles. The second-order valence-corrected chi connectivity index (χ2v) is 6.17. The molecule has 0 fully saturated rings. The van der Waals surface area contributed by atoms with Crippen LogP contribution in [0.15, 0.2) is 45.3 Å². The molecule has 2 heterocycles. The Morgan fingerprint density at radius 2 is 2.17 bits per heavy atom. The van der Waals surface area contributed by atoms with Gasteiger partial charge in [-0.25, -0.2) is 4.99 Å². The van der Waals surface area contributed by atoms with Crippen LogP contribution in [0.3, 0.4) is 0 Å².